The number of hydrogen-bond acceptors (Lipinski definition) is 4. The average molecular weight is 250 g/mol. The van der Waals surface area contributed by atoms with Crippen LogP contribution in [0, 0.1) is 23.0 Å². The van der Waals surface area contributed by atoms with Crippen molar-refractivity contribution in [1.29, 1.82) is 0 Å². The van der Waals surface area contributed by atoms with Crippen molar-refractivity contribution < 1.29 is 9.66 Å². The van der Waals surface area contributed by atoms with Crippen LogP contribution in [0.25, 0.3) is 0 Å². The normalized spacial score (nSPS) is 20.7. The van der Waals surface area contributed by atoms with Crippen molar-refractivity contribution in [2.24, 2.45) is 5.92 Å². The van der Waals surface area contributed by atoms with Crippen LogP contribution in [-0.4, -0.2) is 24.2 Å². The summed E-state index contributed by atoms with van der Waals surface area (Å²) in [5.74, 6) is 0.421. The molecule has 1 aromatic rings. The van der Waals surface area contributed by atoms with Gasteiger partial charge in [-0.25, -0.2) is 0 Å². The second-order valence-corrected chi connectivity index (χ2v) is 4.83. The van der Waals surface area contributed by atoms with E-state index in [-0.39, 0.29) is 16.7 Å². The average Bonchev–Trinajstić information content (AvgIpc) is 2.81. The third-order valence-corrected chi connectivity index (χ3v) is 3.40. The minimum atomic E-state index is -0.348. The fourth-order valence-corrected chi connectivity index (χ4v) is 2.23. The maximum absolute atomic E-state index is 11.0. The first-order valence-electron chi connectivity index (χ1n) is 6.17. The Kier molecular flexibility index (Phi) is 3.81. The van der Waals surface area contributed by atoms with Gasteiger partial charge in [0.2, 0.25) is 0 Å². The molecule has 0 amide bonds. The maximum Gasteiger partial charge on any atom is 0.292 e. The zero-order valence-electron chi connectivity index (χ0n) is 10.7. The predicted molar refractivity (Wildman–Crippen MR) is 69.8 cm³/mol. The van der Waals surface area contributed by atoms with Crippen LogP contribution in [0.5, 0.6) is 0 Å². The van der Waals surface area contributed by atoms with E-state index in [9.17, 15) is 10.1 Å². The molecular weight excluding hydrogens is 232 g/mol. The van der Waals surface area contributed by atoms with Crippen molar-refractivity contribution >= 4 is 11.4 Å². The molecule has 0 spiro atoms. The number of ether oxygens (including phenoxy) is 1. The van der Waals surface area contributed by atoms with Crippen molar-refractivity contribution in [3.63, 3.8) is 0 Å². The molecule has 0 radical (unpaired) electrons. The summed E-state index contributed by atoms with van der Waals surface area (Å²) in [5, 5.41) is 14.2. The third-order valence-electron chi connectivity index (χ3n) is 3.40. The van der Waals surface area contributed by atoms with Crippen LogP contribution in [0.4, 0.5) is 11.4 Å². The molecule has 1 aliphatic rings. The first-order chi connectivity index (χ1) is 8.58. The van der Waals surface area contributed by atoms with Crippen molar-refractivity contribution in [2.75, 3.05) is 18.5 Å². The molecule has 5 heteroatoms. The summed E-state index contributed by atoms with van der Waals surface area (Å²) >= 11 is 0. The fourth-order valence-electron chi connectivity index (χ4n) is 2.23. The Morgan fingerprint density at radius 2 is 2.33 bits per heavy atom. The summed E-state index contributed by atoms with van der Waals surface area (Å²) in [6.07, 6.45) is 1.01. The lowest BCUT2D eigenvalue weighted by molar-refractivity contribution is -0.384. The quantitative estimate of drug-likeness (QED) is 0.659. The van der Waals surface area contributed by atoms with Gasteiger partial charge in [-0.2, -0.15) is 0 Å². The van der Waals surface area contributed by atoms with Crippen LogP contribution in [0.1, 0.15) is 18.9 Å². The fraction of sp³-hybridized carbons (Fsp3) is 0.538. The second-order valence-electron chi connectivity index (χ2n) is 4.83. The molecule has 98 valence electrons. The van der Waals surface area contributed by atoms with E-state index >= 15 is 0 Å². The number of rotatable bonds is 4. The number of benzene rings is 1. The number of anilines is 1. The molecule has 1 aliphatic heterocycles. The lowest BCUT2D eigenvalue weighted by Crippen LogP contribution is -2.26. The lowest BCUT2D eigenvalue weighted by Gasteiger charge is -2.20. The molecule has 0 saturated carbocycles. The highest BCUT2D eigenvalue weighted by atomic mass is 16.6. The van der Waals surface area contributed by atoms with Gasteiger partial charge in [-0.15, -0.1) is 0 Å². The Morgan fingerprint density at radius 3 is 2.94 bits per heavy atom. The standard InChI is InChI=1S/C13H18N2O3/c1-9-3-4-13(15(16)17)12(7-9)14-10(2)11-5-6-18-8-11/h3-4,7,10-11,14H,5-6,8H2,1-2H3. The van der Waals surface area contributed by atoms with Gasteiger partial charge >= 0.3 is 0 Å². The summed E-state index contributed by atoms with van der Waals surface area (Å²) in [6, 6.07) is 5.31. The van der Waals surface area contributed by atoms with E-state index in [4.69, 9.17) is 4.74 Å². The molecule has 5 nitrogen and oxygen atoms in total. The van der Waals surface area contributed by atoms with E-state index in [1.54, 1.807) is 12.1 Å². The molecule has 1 aromatic carbocycles. The Bertz CT molecular complexity index is 442. The van der Waals surface area contributed by atoms with Gasteiger partial charge in [0.15, 0.2) is 0 Å². The highest BCUT2D eigenvalue weighted by Crippen LogP contribution is 2.28. The summed E-state index contributed by atoms with van der Waals surface area (Å²) in [5.41, 5.74) is 1.74. The number of nitro groups is 1. The summed E-state index contributed by atoms with van der Waals surface area (Å²) in [7, 11) is 0. The van der Waals surface area contributed by atoms with Gasteiger partial charge in [-0.1, -0.05) is 6.07 Å². The second kappa shape index (κ2) is 5.35. The maximum atomic E-state index is 11.0. The van der Waals surface area contributed by atoms with Crippen LogP contribution < -0.4 is 5.32 Å². The minimum absolute atomic E-state index is 0.131. The highest BCUT2D eigenvalue weighted by Gasteiger charge is 2.24. The minimum Gasteiger partial charge on any atom is -0.381 e. The molecular formula is C13H18N2O3. The van der Waals surface area contributed by atoms with Gasteiger partial charge < -0.3 is 10.1 Å². The molecule has 1 fully saturated rings. The zero-order valence-corrected chi connectivity index (χ0v) is 10.7. The van der Waals surface area contributed by atoms with E-state index in [1.165, 1.54) is 0 Å². The molecule has 18 heavy (non-hydrogen) atoms. The molecule has 1 heterocycles. The van der Waals surface area contributed by atoms with Gasteiger partial charge in [-0.05, 0) is 31.9 Å². The number of nitrogens with zero attached hydrogens (tertiary/aromatic N) is 1. The van der Waals surface area contributed by atoms with Gasteiger partial charge in [0.25, 0.3) is 5.69 Å². The molecule has 0 aliphatic carbocycles. The molecule has 1 saturated heterocycles. The van der Waals surface area contributed by atoms with E-state index in [1.807, 2.05) is 19.9 Å². The van der Waals surface area contributed by atoms with E-state index in [0.717, 1.165) is 25.2 Å². The smallest absolute Gasteiger partial charge is 0.292 e. The molecule has 2 unspecified atom stereocenters. The Hall–Kier alpha value is -1.62. The highest BCUT2D eigenvalue weighted by molar-refractivity contribution is 5.63. The van der Waals surface area contributed by atoms with Crippen LogP contribution >= 0.6 is 0 Å². The van der Waals surface area contributed by atoms with Crippen LogP contribution in [-0.2, 0) is 4.74 Å². The Labute approximate surface area is 106 Å². The predicted octanol–water partition coefficient (Wildman–Crippen LogP) is 2.74. The van der Waals surface area contributed by atoms with E-state index in [2.05, 4.69) is 5.32 Å². The molecule has 0 aromatic heterocycles. The third kappa shape index (κ3) is 2.79. The lowest BCUT2D eigenvalue weighted by atomic mass is 10.00. The van der Waals surface area contributed by atoms with Crippen molar-refractivity contribution in [3.8, 4) is 0 Å². The molecule has 0 bridgehead atoms. The van der Waals surface area contributed by atoms with Crippen molar-refractivity contribution in [3.05, 3.63) is 33.9 Å². The van der Waals surface area contributed by atoms with Gasteiger partial charge in [-0.3, -0.25) is 10.1 Å². The number of hydrogen-bond donors (Lipinski definition) is 1. The van der Waals surface area contributed by atoms with Crippen LogP contribution in [0.15, 0.2) is 18.2 Å². The number of nitrogens with one attached hydrogen (secondary N) is 1. The Balaban J connectivity index is 2.16. The van der Waals surface area contributed by atoms with Gasteiger partial charge in [0, 0.05) is 24.6 Å². The van der Waals surface area contributed by atoms with E-state index in [0.29, 0.717) is 11.6 Å². The van der Waals surface area contributed by atoms with Gasteiger partial charge in [0.1, 0.15) is 5.69 Å². The summed E-state index contributed by atoms with van der Waals surface area (Å²) < 4.78 is 5.34. The summed E-state index contributed by atoms with van der Waals surface area (Å²) in [6.45, 7) is 5.49. The SMILES string of the molecule is Cc1ccc([N+](=O)[O-])c(NC(C)C2CCOC2)c1. The first kappa shape index (κ1) is 12.8. The Morgan fingerprint density at radius 1 is 1.56 bits per heavy atom. The molecule has 2 rings (SSSR count). The summed E-state index contributed by atoms with van der Waals surface area (Å²) in [4.78, 5) is 10.6. The number of aryl methyl sites for hydroxylation is 1. The molecule has 1 N–H and O–H groups in total. The number of nitro benzene ring substituents is 1. The topological polar surface area (TPSA) is 64.4 Å². The van der Waals surface area contributed by atoms with Gasteiger partial charge in [0.05, 0.1) is 11.5 Å². The molecule has 2 atom stereocenters. The van der Waals surface area contributed by atoms with Crippen LogP contribution in [0.2, 0.25) is 0 Å². The van der Waals surface area contributed by atoms with E-state index < -0.39 is 0 Å². The first-order valence-corrected chi connectivity index (χ1v) is 6.17. The van der Waals surface area contributed by atoms with Crippen LogP contribution in [0.3, 0.4) is 0 Å². The van der Waals surface area contributed by atoms with Crippen molar-refractivity contribution in [2.45, 2.75) is 26.3 Å². The monoisotopic (exact) mass is 250 g/mol. The zero-order chi connectivity index (χ0) is 13.1. The largest absolute Gasteiger partial charge is 0.381 e. The van der Waals surface area contributed by atoms with Crippen molar-refractivity contribution in [1.82, 2.24) is 0 Å².